The van der Waals surface area contributed by atoms with Crippen LogP contribution in [-0.2, 0) is 26.2 Å². The molecular formula is C32H40ClN3O6S. The molecule has 1 unspecified atom stereocenters. The van der Waals surface area contributed by atoms with Crippen molar-refractivity contribution in [2.75, 3.05) is 25.1 Å². The quantitative estimate of drug-likeness (QED) is 0.280. The molecule has 0 aliphatic carbocycles. The molecule has 9 nitrogen and oxygen atoms in total. The van der Waals surface area contributed by atoms with Crippen molar-refractivity contribution in [2.45, 2.75) is 64.1 Å². The van der Waals surface area contributed by atoms with Gasteiger partial charge in [-0.15, -0.1) is 0 Å². The van der Waals surface area contributed by atoms with Gasteiger partial charge in [0, 0.05) is 23.2 Å². The van der Waals surface area contributed by atoms with Gasteiger partial charge in [0.05, 0.1) is 24.8 Å². The summed E-state index contributed by atoms with van der Waals surface area (Å²) in [5.74, 6) is -0.283. The van der Waals surface area contributed by atoms with Crippen LogP contribution in [0.15, 0.2) is 71.6 Å². The average Bonchev–Trinajstić information content (AvgIpc) is 2.95. The fourth-order valence-electron chi connectivity index (χ4n) is 4.50. The standard InChI is InChI=1S/C32H40ClN3O6S/c1-8-27(31(38)34-32(3,4)5)35(20-23-11-13-24(33)14-12-23)30(37)21-36(25-15-9-22(2)10-16-25)43(39,40)26-17-18-28(41-6)29(19-26)42-7/h9-19,27H,8,20-21H2,1-7H3,(H,34,38). The van der Waals surface area contributed by atoms with Crippen molar-refractivity contribution in [3.8, 4) is 11.5 Å². The first-order chi connectivity index (χ1) is 20.2. The van der Waals surface area contributed by atoms with Gasteiger partial charge in [0.2, 0.25) is 11.8 Å². The Morgan fingerprint density at radius 2 is 1.53 bits per heavy atom. The Balaban J connectivity index is 2.10. The van der Waals surface area contributed by atoms with Gasteiger partial charge in [-0.2, -0.15) is 0 Å². The van der Waals surface area contributed by atoms with Gasteiger partial charge < -0.3 is 19.7 Å². The molecule has 3 rings (SSSR count). The molecule has 3 aromatic carbocycles. The monoisotopic (exact) mass is 629 g/mol. The van der Waals surface area contributed by atoms with E-state index in [1.54, 1.807) is 48.5 Å². The van der Waals surface area contributed by atoms with Gasteiger partial charge in [-0.1, -0.05) is 48.4 Å². The predicted molar refractivity (Wildman–Crippen MR) is 169 cm³/mol. The number of nitrogens with one attached hydrogen (secondary N) is 1. The van der Waals surface area contributed by atoms with Crippen LogP contribution in [0.4, 0.5) is 5.69 Å². The van der Waals surface area contributed by atoms with Crippen LogP contribution in [0.5, 0.6) is 11.5 Å². The summed E-state index contributed by atoms with van der Waals surface area (Å²) in [6.07, 6.45) is 0.314. The summed E-state index contributed by atoms with van der Waals surface area (Å²) in [6, 6.07) is 17.2. The molecule has 0 spiro atoms. The molecule has 43 heavy (non-hydrogen) atoms. The maximum absolute atomic E-state index is 14.2. The van der Waals surface area contributed by atoms with E-state index in [1.165, 1.54) is 37.3 Å². The number of benzene rings is 3. The molecular weight excluding hydrogens is 590 g/mol. The number of ether oxygens (including phenoxy) is 2. The van der Waals surface area contributed by atoms with Gasteiger partial charge in [0.15, 0.2) is 11.5 Å². The van der Waals surface area contributed by atoms with Crippen LogP contribution in [0.2, 0.25) is 5.02 Å². The van der Waals surface area contributed by atoms with Crippen molar-refractivity contribution in [1.29, 1.82) is 0 Å². The minimum absolute atomic E-state index is 0.0736. The summed E-state index contributed by atoms with van der Waals surface area (Å²) < 4.78 is 40.0. The first-order valence-corrected chi connectivity index (χ1v) is 15.7. The predicted octanol–water partition coefficient (Wildman–Crippen LogP) is 5.58. The first-order valence-electron chi connectivity index (χ1n) is 13.9. The van der Waals surface area contributed by atoms with Gasteiger partial charge in [-0.05, 0) is 76.1 Å². The van der Waals surface area contributed by atoms with Crippen LogP contribution in [0.1, 0.15) is 45.2 Å². The zero-order valence-electron chi connectivity index (χ0n) is 25.7. The number of aryl methyl sites for hydroxylation is 1. The fourth-order valence-corrected chi connectivity index (χ4v) is 6.06. The highest BCUT2D eigenvalue weighted by Crippen LogP contribution is 2.32. The van der Waals surface area contributed by atoms with Crippen molar-refractivity contribution < 1.29 is 27.5 Å². The van der Waals surface area contributed by atoms with E-state index >= 15 is 0 Å². The number of carbonyl (C=O) groups excluding carboxylic acids is 2. The van der Waals surface area contributed by atoms with Crippen molar-refractivity contribution in [1.82, 2.24) is 10.2 Å². The largest absolute Gasteiger partial charge is 0.493 e. The van der Waals surface area contributed by atoms with Gasteiger partial charge in [-0.25, -0.2) is 8.42 Å². The molecule has 1 atom stereocenters. The van der Waals surface area contributed by atoms with E-state index in [1.807, 2.05) is 34.6 Å². The molecule has 1 N–H and O–H groups in total. The molecule has 0 heterocycles. The second-order valence-electron chi connectivity index (χ2n) is 11.2. The lowest BCUT2D eigenvalue weighted by atomic mass is 10.1. The molecule has 0 fully saturated rings. The number of amides is 2. The zero-order chi connectivity index (χ0) is 31.9. The second-order valence-corrected chi connectivity index (χ2v) is 13.5. The summed E-state index contributed by atoms with van der Waals surface area (Å²) in [6.45, 7) is 8.80. The average molecular weight is 630 g/mol. The lowest BCUT2D eigenvalue weighted by Gasteiger charge is -2.34. The Hall–Kier alpha value is -3.76. The Labute approximate surface area is 259 Å². The van der Waals surface area contributed by atoms with Crippen LogP contribution >= 0.6 is 11.6 Å². The Morgan fingerprint density at radius 1 is 0.930 bits per heavy atom. The SMILES string of the molecule is CCC(C(=O)NC(C)(C)C)N(Cc1ccc(Cl)cc1)C(=O)CN(c1ccc(C)cc1)S(=O)(=O)c1ccc(OC)c(OC)c1. The highest BCUT2D eigenvalue weighted by atomic mass is 35.5. The van der Waals surface area contributed by atoms with E-state index in [2.05, 4.69) is 5.32 Å². The topological polar surface area (TPSA) is 105 Å². The van der Waals surface area contributed by atoms with E-state index in [0.29, 0.717) is 22.9 Å². The maximum Gasteiger partial charge on any atom is 0.264 e. The van der Waals surface area contributed by atoms with Gasteiger partial charge >= 0.3 is 0 Å². The molecule has 0 aliphatic heterocycles. The number of hydrogen-bond acceptors (Lipinski definition) is 6. The molecule has 0 saturated heterocycles. The molecule has 11 heteroatoms. The molecule has 2 amide bonds. The van der Waals surface area contributed by atoms with E-state index < -0.39 is 34.1 Å². The molecule has 0 radical (unpaired) electrons. The van der Waals surface area contributed by atoms with Crippen LogP contribution in [0.25, 0.3) is 0 Å². The molecule has 0 bridgehead atoms. The smallest absolute Gasteiger partial charge is 0.264 e. The van der Waals surface area contributed by atoms with E-state index in [-0.39, 0.29) is 23.1 Å². The number of anilines is 1. The number of carbonyl (C=O) groups is 2. The van der Waals surface area contributed by atoms with Gasteiger partial charge in [0.25, 0.3) is 10.0 Å². The molecule has 0 aromatic heterocycles. The van der Waals surface area contributed by atoms with Gasteiger partial charge in [0.1, 0.15) is 12.6 Å². The minimum Gasteiger partial charge on any atom is -0.493 e. The Morgan fingerprint density at radius 3 is 2.07 bits per heavy atom. The molecule has 3 aromatic rings. The van der Waals surface area contributed by atoms with Crippen molar-refractivity contribution >= 4 is 39.1 Å². The van der Waals surface area contributed by atoms with E-state index in [4.69, 9.17) is 21.1 Å². The van der Waals surface area contributed by atoms with Crippen LogP contribution in [0, 0.1) is 6.92 Å². The van der Waals surface area contributed by atoms with Crippen molar-refractivity contribution in [3.05, 3.63) is 82.9 Å². The number of sulfonamides is 1. The number of nitrogens with zero attached hydrogens (tertiary/aromatic N) is 2. The second kappa shape index (κ2) is 14.1. The first kappa shape index (κ1) is 33.7. The summed E-state index contributed by atoms with van der Waals surface area (Å²) in [5, 5.41) is 3.49. The highest BCUT2D eigenvalue weighted by molar-refractivity contribution is 7.92. The summed E-state index contributed by atoms with van der Waals surface area (Å²) in [5.41, 5.74) is 1.43. The van der Waals surface area contributed by atoms with Crippen LogP contribution in [0.3, 0.4) is 0 Å². The van der Waals surface area contributed by atoms with E-state index in [9.17, 15) is 18.0 Å². The van der Waals surface area contributed by atoms with Crippen molar-refractivity contribution in [2.24, 2.45) is 0 Å². The van der Waals surface area contributed by atoms with Crippen LogP contribution in [-0.4, -0.2) is 57.5 Å². The van der Waals surface area contributed by atoms with Gasteiger partial charge in [-0.3, -0.25) is 13.9 Å². The Bertz CT molecular complexity index is 1520. The third-order valence-corrected chi connectivity index (χ3v) is 8.72. The summed E-state index contributed by atoms with van der Waals surface area (Å²) >= 11 is 6.09. The number of hydrogen-bond donors (Lipinski definition) is 1. The zero-order valence-corrected chi connectivity index (χ0v) is 27.3. The maximum atomic E-state index is 14.2. The number of rotatable bonds is 12. The third kappa shape index (κ3) is 8.64. The summed E-state index contributed by atoms with van der Waals surface area (Å²) in [4.78, 5) is 29.0. The summed E-state index contributed by atoms with van der Waals surface area (Å²) in [7, 11) is -1.41. The molecule has 0 aliphatic rings. The molecule has 232 valence electrons. The normalized spacial score (nSPS) is 12.3. The third-order valence-electron chi connectivity index (χ3n) is 6.69. The van der Waals surface area contributed by atoms with Crippen molar-refractivity contribution in [3.63, 3.8) is 0 Å². The molecule has 0 saturated carbocycles. The highest BCUT2D eigenvalue weighted by Gasteiger charge is 2.35. The minimum atomic E-state index is -4.28. The van der Waals surface area contributed by atoms with Crippen LogP contribution < -0.4 is 19.1 Å². The fraction of sp³-hybridized carbons (Fsp3) is 0.375. The lowest BCUT2D eigenvalue weighted by molar-refractivity contribution is -0.141. The van der Waals surface area contributed by atoms with E-state index in [0.717, 1.165) is 15.4 Å². The number of methoxy groups -OCH3 is 2. The Kier molecular flexibility index (Phi) is 11.1. The number of halogens is 1. The lowest BCUT2D eigenvalue weighted by Crippen LogP contribution is -2.55.